The minimum Gasteiger partial charge on any atom is -0.478 e. The fraction of sp³-hybridized carbons (Fsp3) is 0.526. The lowest BCUT2D eigenvalue weighted by Crippen LogP contribution is -2.72. The van der Waals surface area contributed by atoms with Crippen molar-refractivity contribution in [1.82, 2.24) is 10.2 Å². The molecule has 3 rings (SSSR count). The number of ether oxygens (including phenoxy) is 2. The Kier molecular flexibility index (Phi) is 4.88. The maximum absolute atomic E-state index is 12.7. The molecule has 0 aromatic heterocycles. The van der Waals surface area contributed by atoms with E-state index in [-0.39, 0.29) is 17.2 Å². The van der Waals surface area contributed by atoms with Crippen molar-refractivity contribution in [3.05, 3.63) is 30.3 Å². The van der Waals surface area contributed by atoms with E-state index in [4.69, 9.17) is 9.47 Å². The molecule has 7 nitrogen and oxygen atoms in total. The minimum absolute atomic E-state index is 0.280. The van der Waals surface area contributed by atoms with Crippen LogP contribution in [0.3, 0.4) is 0 Å². The highest BCUT2D eigenvalue weighted by Gasteiger charge is 2.64. The Morgan fingerprint density at radius 2 is 1.85 bits per heavy atom. The first kappa shape index (κ1) is 19.5. The summed E-state index contributed by atoms with van der Waals surface area (Å²) in [6, 6.07) is 7.69. The van der Waals surface area contributed by atoms with Gasteiger partial charge in [-0.25, -0.2) is 4.79 Å². The van der Waals surface area contributed by atoms with Crippen LogP contribution in [0.4, 0.5) is 0 Å². The molecule has 2 fully saturated rings. The van der Waals surface area contributed by atoms with Gasteiger partial charge in [0.05, 0.1) is 7.11 Å². The highest BCUT2D eigenvalue weighted by atomic mass is 32.2. The number of fused-ring (bicyclic) bond motifs is 1. The van der Waals surface area contributed by atoms with E-state index in [1.54, 1.807) is 26.0 Å². The van der Waals surface area contributed by atoms with Crippen LogP contribution in [0.25, 0.3) is 0 Å². The summed E-state index contributed by atoms with van der Waals surface area (Å²) in [6.45, 7) is 7.09. The molecular formula is C19H24N2O5S. The van der Waals surface area contributed by atoms with Gasteiger partial charge in [0, 0.05) is 4.75 Å². The largest absolute Gasteiger partial charge is 0.478 e. The van der Waals surface area contributed by atoms with Crippen LogP contribution in [-0.4, -0.2) is 57.6 Å². The van der Waals surface area contributed by atoms with Crippen LogP contribution in [0.2, 0.25) is 0 Å². The molecule has 1 aromatic carbocycles. The number of nitrogens with zero attached hydrogens (tertiary/aromatic N) is 1. The maximum atomic E-state index is 12.7. The Balaban J connectivity index is 1.70. The predicted octanol–water partition coefficient (Wildman–Crippen LogP) is 1.56. The van der Waals surface area contributed by atoms with Crippen molar-refractivity contribution in [2.75, 3.05) is 7.11 Å². The van der Waals surface area contributed by atoms with Gasteiger partial charge in [-0.2, -0.15) is 0 Å². The summed E-state index contributed by atoms with van der Waals surface area (Å²) in [5.74, 6) is -0.538. The smallest absolute Gasteiger partial charge is 0.330 e. The average Bonchev–Trinajstić information content (AvgIpc) is 2.87. The first-order valence-corrected chi connectivity index (χ1v) is 9.59. The lowest BCUT2D eigenvalue weighted by Gasteiger charge is -2.44. The van der Waals surface area contributed by atoms with Gasteiger partial charge >= 0.3 is 5.97 Å². The molecule has 0 radical (unpaired) electrons. The van der Waals surface area contributed by atoms with Crippen molar-refractivity contribution in [3.63, 3.8) is 0 Å². The zero-order valence-electron chi connectivity index (χ0n) is 16.0. The number of rotatable bonds is 5. The summed E-state index contributed by atoms with van der Waals surface area (Å²) < 4.78 is 10.1. The summed E-state index contributed by atoms with van der Waals surface area (Å²) in [5.41, 5.74) is -1.15. The molecule has 2 heterocycles. The lowest BCUT2D eigenvalue weighted by molar-refractivity contribution is -0.163. The van der Waals surface area contributed by atoms with E-state index in [2.05, 4.69) is 5.32 Å². The highest BCUT2D eigenvalue weighted by molar-refractivity contribution is 8.01. The second kappa shape index (κ2) is 6.74. The Morgan fingerprint density at radius 3 is 2.44 bits per heavy atom. The van der Waals surface area contributed by atoms with Crippen molar-refractivity contribution in [2.24, 2.45) is 0 Å². The first-order chi connectivity index (χ1) is 12.6. The van der Waals surface area contributed by atoms with E-state index in [1.807, 2.05) is 32.0 Å². The molecule has 27 heavy (non-hydrogen) atoms. The second-order valence-corrected chi connectivity index (χ2v) is 9.43. The van der Waals surface area contributed by atoms with E-state index >= 15 is 0 Å². The Bertz CT molecular complexity index is 765. The molecule has 1 aromatic rings. The summed E-state index contributed by atoms with van der Waals surface area (Å²) in [7, 11) is 1.31. The van der Waals surface area contributed by atoms with Crippen molar-refractivity contribution >= 4 is 29.5 Å². The van der Waals surface area contributed by atoms with Crippen molar-refractivity contribution in [2.45, 2.75) is 55.5 Å². The second-order valence-electron chi connectivity index (χ2n) is 7.66. The predicted molar refractivity (Wildman–Crippen MR) is 101 cm³/mol. The molecule has 8 heteroatoms. The number of hydrogen-bond acceptors (Lipinski definition) is 6. The molecule has 2 saturated heterocycles. The Labute approximate surface area is 162 Å². The number of hydrogen-bond donors (Lipinski definition) is 1. The number of carbonyl (C=O) groups excluding carboxylic acids is 3. The van der Waals surface area contributed by atoms with E-state index in [0.717, 1.165) is 0 Å². The molecule has 0 bridgehead atoms. The summed E-state index contributed by atoms with van der Waals surface area (Å²) >= 11 is 1.49. The zero-order valence-corrected chi connectivity index (χ0v) is 16.8. The summed E-state index contributed by atoms with van der Waals surface area (Å²) in [6.07, 6.45) is 0. The highest BCUT2D eigenvalue weighted by Crippen LogP contribution is 2.51. The van der Waals surface area contributed by atoms with Crippen LogP contribution in [0.5, 0.6) is 5.75 Å². The summed E-state index contributed by atoms with van der Waals surface area (Å²) in [5, 5.41) is 2.49. The third-order valence-electron chi connectivity index (χ3n) is 4.82. The molecular weight excluding hydrogens is 368 g/mol. The third kappa shape index (κ3) is 3.38. The molecule has 0 saturated carbocycles. The van der Waals surface area contributed by atoms with Crippen LogP contribution in [0.1, 0.15) is 27.7 Å². The van der Waals surface area contributed by atoms with Gasteiger partial charge in [-0.15, -0.1) is 11.8 Å². The number of benzene rings is 1. The first-order valence-electron chi connectivity index (χ1n) is 8.71. The molecule has 2 aliphatic rings. The number of carbonyl (C=O) groups is 3. The lowest BCUT2D eigenvalue weighted by atomic mass is 9.95. The topological polar surface area (TPSA) is 84.9 Å². The van der Waals surface area contributed by atoms with Gasteiger partial charge in [0.2, 0.25) is 5.91 Å². The molecule has 2 aliphatic heterocycles. The molecule has 0 spiro atoms. The molecule has 0 aliphatic carbocycles. The van der Waals surface area contributed by atoms with Gasteiger partial charge in [0.15, 0.2) is 5.60 Å². The number of β-lactam (4-membered cyclic amide) rings is 1. The number of methoxy groups -OCH3 is 1. The molecule has 3 unspecified atom stereocenters. The Hall–Kier alpha value is -2.22. The fourth-order valence-corrected chi connectivity index (χ4v) is 5.00. The van der Waals surface area contributed by atoms with Gasteiger partial charge in [0.1, 0.15) is 23.2 Å². The number of amides is 2. The minimum atomic E-state index is -1.15. The van der Waals surface area contributed by atoms with E-state index < -0.39 is 28.4 Å². The third-order valence-corrected chi connectivity index (χ3v) is 6.39. The molecule has 146 valence electrons. The van der Waals surface area contributed by atoms with Gasteiger partial charge in [-0.3, -0.25) is 9.59 Å². The summed E-state index contributed by atoms with van der Waals surface area (Å²) in [4.78, 5) is 39.0. The van der Waals surface area contributed by atoms with Gasteiger partial charge < -0.3 is 19.7 Å². The Morgan fingerprint density at radius 1 is 1.22 bits per heavy atom. The average molecular weight is 392 g/mol. The monoisotopic (exact) mass is 392 g/mol. The quantitative estimate of drug-likeness (QED) is 0.605. The molecule has 3 atom stereocenters. The van der Waals surface area contributed by atoms with Gasteiger partial charge in [0.25, 0.3) is 5.91 Å². The van der Waals surface area contributed by atoms with E-state index in [9.17, 15) is 14.4 Å². The zero-order chi connectivity index (χ0) is 20.0. The van der Waals surface area contributed by atoms with Crippen LogP contribution in [0.15, 0.2) is 30.3 Å². The number of thioether (sulfide) groups is 1. The van der Waals surface area contributed by atoms with Crippen LogP contribution < -0.4 is 10.1 Å². The normalized spacial score (nSPS) is 26.0. The maximum Gasteiger partial charge on any atom is 0.330 e. The standard InChI is InChI=1S/C19H24N2O5S/c1-18(2,26-11-9-7-6-8-10-11)17(24)20-12-14(22)21-13(16(23)25-5)19(3,4)27-15(12)21/h6-10,12-13,15H,1-5H3,(H,20,24). The SMILES string of the molecule is COC(=O)C1N2C(=O)C(NC(=O)C(C)(C)Oc3ccccc3)C2SC1(C)C. The van der Waals surface area contributed by atoms with Gasteiger partial charge in [-0.1, -0.05) is 18.2 Å². The number of nitrogens with one attached hydrogen (secondary N) is 1. The van der Waals surface area contributed by atoms with Crippen LogP contribution in [-0.2, 0) is 19.1 Å². The number of para-hydroxylation sites is 1. The van der Waals surface area contributed by atoms with Crippen LogP contribution >= 0.6 is 11.8 Å². The molecule has 1 N–H and O–H groups in total. The van der Waals surface area contributed by atoms with Crippen LogP contribution in [0, 0.1) is 0 Å². The molecule has 2 amide bonds. The van der Waals surface area contributed by atoms with Crippen molar-refractivity contribution in [3.8, 4) is 5.75 Å². The van der Waals surface area contributed by atoms with E-state index in [1.165, 1.54) is 23.8 Å². The van der Waals surface area contributed by atoms with Crippen molar-refractivity contribution < 1.29 is 23.9 Å². The van der Waals surface area contributed by atoms with E-state index in [0.29, 0.717) is 5.75 Å². The van der Waals surface area contributed by atoms with Gasteiger partial charge in [-0.05, 0) is 39.8 Å². The fourth-order valence-electron chi connectivity index (χ4n) is 3.38. The number of esters is 1. The van der Waals surface area contributed by atoms with Crippen molar-refractivity contribution in [1.29, 1.82) is 0 Å².